The maximum atomic E-state index is 12.7. The zero-order valence-corrected chi connectivity index (χ0v) is 12.7. The molecule has 2 fully saturated rings. The van der Waals surface area contributed by atoms with Gasteiger partial charge in [-0.25, -0.2) is 0 Å². The molecule has 0 aromatic carbocycles. The topological polar surface area (TPSA) is 64.3 Å². The first-order chi connectivity index (χ1) is 9.51. The summed E-state index contributed by atoms with van der Waals surface area (Å²) in [4.78, 5) is 14.5. The van der Waals surface area contributed by atoms with Gasteiger partial charge in [-0.3, -0.25) is 4.79 Å². The minimum absolute atomic E-state index is 0.0300. The molecule has 1 amide bonds. The zero-order chi connectivity index (χ0) is 14.8. The summed E-state index contributed by atoms with van der Waals surface area (Å²) >= 11 is 0. The molecule has 1 aliphatic heterocycles. The summed E-state index contributed by atoms with van der Waals surface area (Å²) in [7, 11) is 0. The fourth-order valence-corrected chi connectivity index (χ4v) is 3.82. The van der Waals surface area contributed by atoms with Crippen molar-refractivity contribution in [3.63, 3.8) is 0 Å². The molecule has 4 nitrogen and oxygen atoms in total. The molecule has 1 N–H and O–H groups in total. The molecular weight excluding hydrogens is 252 g/mol. The molecule has 2 aliphatic rings. The molecule has 2 unspecified atom stereocenters. The Labute approximate surface area is 121 Å². The van der Waals surface area contributed by atoms with Gasteiger partial charge in [-0.1, -0.05) is 26.7 Å². The van der Waals surface area contributed by atoms with Gasteiger partial charge in [0.15, 0.2) is 0 Å². The third kappa shape index (κ3) is 2.44. The van der Waals surface area contributed by atoms with E-state index in [4.69, 9.17) is 0 Å². The molecular formula is C16H26N2O2. The summed E-state index contributed by atoms with van der Waals surface area (Å²) in [5.74, 6) is 0.164. The lowest BCUT2D eigenvalue weighted by atomic mass is 9.70. The zero-order valence-electron chi connectivity index (χ0n) is 12.7. The Kier molecular flexibility index (Phi) is 4.39. The molecule has 2 atom stereocenters. The Hall–Kier alpha value is -1.08. The number of aliphatic hydroxyl groups is 1. The van der Waals surface area contributed by atoms with Crippen LogP contribution in [0, 0.1) is 22.7 Å². The second-order valence-corrected chi connectivity index (χ2v) is 6.45. The highest BCUT2D eigenvalue weighted by Crippen LogP contribution is 2.41. The van der Waals surface area contributed by atoms with E-state index in [1.165, 1.54) is 0 Å². The number of hydrogen-bond acceptors (Lipinski definition) is 3. The highest BCUT2D eigenvalue weighted by Gasteiger charge is 2.47. The second kappa shape index (κ2) is 5.73. The standard InChI is InChI=1S/C16H26N2O2/c1-3-15(4-2,12-17)14(19)18-10-9-16(20)8-6-5-7-13(16)11-18/h13,20H,3-11H2,1-2H3. The normalized spacial score (nSPS) is 30.5. The van der Waals surface area contributed by atoms with Gasteiger partial charge in [-0.15, -0.1) is 0 Å². The van der Waals surface area contributed by atoms with Crippen molar-refractivity contribution in [2.24, 2.45) is 11.3 Å². The van der Waals surface area contributed by atoms with E-state index in [-0.39, 0.29) is 11.8 Å². The van der Waals surface area contributed by atoms with E-state index in [1.807, 2.05) is 18.7 Å². The van der Waals surface area contributed by atoms with Crippen molar-refractivity contribution in [3.05, 3.63) is 0 Å². The molecule has 0 aromatic rings. The third-order valence-electron chi connectivity index (χ3n) is 5.55. The Bertz CT molecular complexity index is 411. The lowest BCUT2D eigenvalue weighted by molar-refractivity contribution is -0.151. The Morgan fingerprint density at radius 3 is 2.70 bits per heavy atom. The highest BCUT2D eigenvalue weighted by atomic mass is 16.3. The highest BCUT2D eigenvalue weighted by molar-refractivity contribution is 5.85. The molecule has 1 aliphatic carbocycles. The Balaban J connectivity index is 2.12. The lowest BCUT2D eigenvalue weighted by Gasteiger charge is -2.48. The second-order valence-electron chi connectivity index (χ2n) is 6.45. The molecule has 112 valence electrons. The lowest BCUT2D eigenvalue weighted by Crippen LogP contribution is -2.57. The van der Waals surface area contributed by atoms with Crippen molar-refractivity contribution in [2.45, 2.75) is 64.4 Å². The van der Waals surface area contributed by atoms with E-state index < -0.39 is 11.0 Å². The van der Waals surface area contributed by atoms with Gasteiger partial charge in [0.2, 0.25) is 5.91 Å². The number of amides is 1. The Morgan fingerprint density at radius 1 is 1.40 bits per heavy atom. The maximum Gasteiger partial charge on any atom is 0.243 e. The van der Waals surface area contributed by atoms with Crippen molar-refractivity contribution in [2.75, 3.05) is 13.1 Å². The van der Waals surface area contributed by atoms with E-state index in [2.05, 4.69) is 6.07 Å². The molecule has 0 bridgehead atoms. The molecule has 0 spiro atoms. The average molecular weight is 278 g/mol. The first kappa shape index (κ1) is 15.3. The van der Waals surface area contributed by atoms with Crippen LogP contribution >= 0.6 is 0 Å². The van der Waals surface area contributed by atoms with Crippen molar-refractivity contribution < 1.29 is 9.90 Å². The van der Waals surface area contributed by atoms with Gasteiger partial charge in [0.25, 0.3) is 0 Å². The number of nitrogens with zero attached hydrogens (tertiary/aromatic N) is 2. The van der Waals surface area contributed by atoms with Gasteiger partial charge in [-0.2, -0.15) is 5.26 Å². The van der Waals surface area contributed by atoms with Crippen molar-refractivity contribution in [3.8, 4) is 6.07 Å². The monoisotopic (exact) mass is 278 g/mol. The molecule has 1 saturated carbocycles. The number of piperidine rings is 1. The van der Waals surface area contributed by atoms with Crippen LogP contribution in [0.5, 0.6) is 0 Å². The van der Waals surface area contributed by atoms with Crippen LogP contribution < -0.4 is 0 Å². The van der Waals surface area contributed by atoms with Crippen molar-refractivity contribution >= 4 is 5.91 Å². The molecule has 20 heavy (non-hydrogen) atoms. The summed E-state index contributed by atoms with van der Waals surface area (Å²) < 4.78 is 0. The van der Waals surface area contributed by atoms with Crippen molar-refractivity contribution in [1.82, 2.24) is 4.90 Å². The summed E-state index contributed by atoms with van der Waals surface area (Å²) in [6.45, 7) is 5.03. The fraction of sp³-hybridized carbons (Fsp3) is 0.875. The van der Waals surface area contributed by atoms with E-state index in [0.717, 1.165) is 25.7 Å². The van der Waals surface area contributed by atoms with Gasteiger partial charge < -0.3 is 10.0 Å². The number of hydrogen-bond donors (Lipinski definition) is 1. The van der Waals surface area contributed by atoms with Gasteiger partial charge in [-0.05, 0) is 32.1 Å². The number of likely N-dealkylation sites (tertiary alicyclic amines) is 1. The maximum absolute atomic E-state index is 12.7. The minimum Gasteiger partial charge on any atom is -0.389 e. The quantitative estimate of drug-likeness (QED) is 0.862. The van der Waals surface area contributed by atoms with Crippen LogP contribution in [0.25, 0.3) is 0 Å². The van der Waals surface area contributed by atoms with Crippen LogP contribution in [0.4, 0.5) is 0 Å². The number of rotatable bonds is 3. The van der Waals surface area contributed by atoms with Crippen LogP contribution in [-0.2, 0) is 4.79 Å². The molecule has 2 rings (SSSR count). The molecule has 4 heteroatoms. The third-order valence-corrected chi connectivity index (χ3v) is 5.55. The number of nitriles is 1. The minimum atomic E-state index is -0.871. The molecule has 1 heterocycles. The number of fused-ring (bicyclic) bond motifs is 1. The molecule has 0 aromatic heterocycles. The summed E-state index contributed by atoms with van der Waals surface area (Å²) in [5, 5.41) is 20.1. The first-order valence-electron chi connectivity index (χ1n) is 7.94. The van der Waals surface area contributed by atoms with E-state index in [9.17, 15) is 15.2 Å². The predicted molar refractivity (Wildman–Crippen MR) is 76.7 cm³/mol. The predicted octanol–water partition coefficient (Wildman–Crippen LogP) is 2.47. The van der Waals surface area contributed by atoms with E-state index in [0.29, 0.717) is 32.4 Å². The summed E-state index contributed by atoms with van der Waals surface area (Å²) in [6, 6.07) is 2.24. The van der Waals surface area contributed by atoms with Gasteiger partial charge >= 0.3 is 0 Å². The van der Waals surface area contributed by atoms with Crippen molar-refractivity contribution in [1.29, 1.82) is 5.26 Å². The largest absolute Gasteiger partial charge is 0.389 e. The van der Waals surface area contributed by atoms with E-state index in [1.54, 1.807) is 0 Å². The van der Waals surface area contributed by atoms with Gasteiger partial charge in [0.05, 0.1) is 11.7 Å². The average Bonchev–Trinajstić information content (AvgIpc) is 2.48. The summed E-state index contributed by atoms with van der Waals surface area (Å²) in [6.07, 6.45) is 5.88. The molecule has 1 saturated heterocycles. The van der Waals surface area contributed by atoms with Crippen LogP contribution in [0.15, 0.2) is 0 Å². The smallest absolute Gasteiger partial charge is 0.243 e. The van der Waals surface area contributed by atoms with Crippen LogP contribution in [0.2, 0.25) is 0 Å². The fourth-order valence-electron chi connectivity index (χ4n) is 3.82. The first-order valence-corrected chi connectivity index (χ1v) is 7.94. The Morgan fingerprint density at radius 2 is 2.10 bits per heavy atom. The van der Waals surface area contributed by atoms with Crippen LogP contribution in [-0.4, -0.2) is 34.6 Å². The number of carbonyl (C=O) groups is 1. The number of carbonyl (C=O) groups excluding carboxylic acids is 1. The SMILES string of the molecule is CCC(C#N)(CC)C(=O)N1CCC2(O)CCCCC2C1. The summed E-state index contributed by atoms with van der Waals surface area (Å²) in [5.41, 5.74) is -1.44. The van der Waals surface area contributed by atoms with Gasteiger partial charge in [0, 0.05) is 19.0 Å². The molecule has 0 radical (unpaired) electrons. The van der Waals surface area contributed by atoms with Crippen LogP contribution in [0.1, 0.15) is 58.8 Å². The van der Waals surface area contributed by atoms with Gasteiger partial charge in [0.1, 0.15) is 5.41 Å². The van der Waals surface area contributed by atoms with Crippen LogP contribution in [0.3, 0.4) is 0 Å². The van der Waals surface area contributed by atoms with E-state index >= 15 is 0 Å².